The quantitative estimate of drug-likeness (QED) is 0.796. The van der Waals surface area contributed by atoms with E-state index in [0.717, 1.165) is 30.3 Å². The Hall–Kier alpha value is -0.730. The van der Waals surface area contributed by atoms with E-state index in [1.54, 1.807) is 0 Å². The Bertz CT molecular complexity index is 375. The van der Waals surface area contributed by atoms with Crippen LogP contribution in [0.25, 0.3) is 0 Å². The van der Waals surface area contributed by atoms with E-state index in [0.29, 0.717) is 0 Å². The molecular formula is C15H22ClNO. The molecule has 1 heterocycles. The number of halogens is 1. The number of piperidine rings is 1. The smallest absolute Gasteiger partial charge is 0.137 e. The fraction of sp³-hybridized carbons (Fsp3) is 0.600. The van der Waals surface area contributed by atoms with Crippen LogP contribution in [0.15, 0.2) is 18.2 Å². The Kier molecular flexibility index (Phi) is 5.33. The van der Waals surface area contributed by atoms with E-state index in [2.05, 4.69) is 17.9 Å². The van der Waals surface area contributed by atoms with Crippen LogP contribution in [0.2, 0.25) is 5.02 Å². The number of hydrogen-bond acceptors (Lipinski definition) is 2. The van der Waals surface area contributed by atoms with E-state index in [1.807, 2.05) is 12.1 Å². The van der Waals surface area contributed by atoms with Crippen LogP contribution in [0, 0.1) is 0 Å². The Morgan fingerprint density at radius 1 is 1.22 bits per heavy atom. The third kappa shape index (κ3) is 3.89. The van der Waals surface area contributed by atoms with Gasteiger partial charge in [-0.05, 0) is 50.0 Å². The average Bonchev–Trinajstić information content (AvgIpc) is 2.39. The Morgan fingerprint density at radius 3 is 2.67 bits per heavy atom. The van der Waals surface area contributed by atoms with Gasteiger partial charge in [-0.3, -0.25) is 4.90 Å². The van der Waals surface area contributed by atoms with Gasteiger partial charge in [-0.1, -0.05) is 31.0 Å². The maximum Gasteiger partial charge on any atom is 0.137 e. The lowest BCUT2D eigenvalue weighted by Gasteiger charge is -2.26. The zero-order valence-corrected chi connectivity index (χ0v) is 11.9. The summed E-state index contributed by atoms with van der Waals surface area (Å²) in [6.07, 6.45) is 5.03. The van der Waals surface area contributed by atoms with Crippen molar-refractivity contribution in [2.45, 2.75) is 39.2 Å². The fourth-order valence-electron chi connectivity index (χ4n) is 2.35. The highest BCUT2D eigenvalue weighted by Gasteiger charge is 2.11. The van der Waals surface area contributed by atoms with E-state index < -0.39 is 0 Å². The number of benzene rings is 1. The van der Waals surface area contributed by atoms with Gasteiger partial charge in [0.2, 0.25) is 0 Å². The predicted molar refractivity (Wildman–Crippen MR) is 76.4 cm³/mol. The molecule has 0 atom stereocenters. The molecule has 3 heteroatoms. The summed E-state index contributed by atoms with van der Waals surface area (Å²) in [5.41, 5.74) is 1.28. The first-order valence-corrected chi connectivity index (χ1v) is 7.31. The number of rotatable bonds is 5. The van der Waals surface area contributed by atoms with Gasteiger partial charge >= 0.3 is 0 Å². The lowest BCUT2D eigenvalue weighted by atomic mass is 10.1. The molecule has 1 aliphatic rings. The summed E-state index contributed by atoms with van der Waals surface area (Å²) in [7, 11) is 0. The van der Waals surface area contributed by atoms with Gasteiger partial charge in [0.05, 0.1) is 11.6 Å². The standard InChI is InChI=1S/C15H22ClNO/c1-2-10-18-15-7-6-13(11-14(15)16)12-17-8-4-3-5-9-17/h6-7,11H,2-5,8-10,12H2,1H3. The second-order valence-electron chi connectivity index (χ2n) is 4.95. The van der Waals surface area contributed by atoms with Crippen molar-refractivity contribution in [2.24, 2.45) is 0 Å². The van der Waals surface area contributed by atoms with Gasteiger partial charge in [0.1, 0.15) is 5.75 Å². The van der Waals surface area contributed by atoms with Gasteiger partial charge in [0.15, 0.2) is 0 Å². The van der Waals surface area contributed by atoms with E-state index in [4.69, 9.17) is 16.3 Å². The minimum atomic E-state index is 0.727. The maximum absolute atomic E-state index is 6.24. The average molecular weight is 268 g/mol. The molecule has 0 aromatic heterocycles. The molecule has 18 heavy (non-hydrogen) atoms. The fourth-order valence-corrected chi connectivity index (χ4v) is 2.61. The molecule has 1 aliphatic heterocycles. The topological polar surface area (TPSA) is 12.5 Å². The molecular weight excluding hydrogens is 246 g/mol. The lowest BCUT2D eigenvalue weighted by Crippen LogP contribution is -2.29. The molecule has 0 spiro atoms. The van der Waals surface area contributed by atoms with E-state index in [9.17, 15) is 0 Å². The van der Waals surface area contributed by atoms with Gasteiger partial charge in [0.25, 0.3) is 0 Å². The van der Waals surface area contributed by atoms with Crippen LogP contribution in [0.4, 0.5) is 0 Å². The molecule has 1 fully saturated rings. The largest absolute Gasteiger partial charge is 0.492 e. The summed E-state index contributed by atoms with van der Waals surface area (Å²) in [5.74, 6) is 0.806. The van der Waals surface area contributed by atoms with Crippen LogP contribution >= 0.6 is 11.6 Å². The van der Waals surface area contributed by atoms with Gasteiger partial charge in [-0.15, -0.1) is 0 Å². The third-order valence-electron chi connectivity index (χ3n) is 3.31. The highest BCUT2D eigenvalue weighted by molar-refractivity contribution is 6.32. The van der Waals surface area contributed by atoms with Crippen molar-refractivity contribution in [3.63, 3.8) is 0 Å². The van der Waals surface area contributed by atoms with Crippen molar-refractivity contribution >= 4 is 11.6 Å². The van der Waals surface area contributed by atoms with Crippen molar-refractivity contribution in [2.75, 3.05) is 19.7 Å². The normalized spacial score (nSPS) is 16.8. The first-order valence-electron chi connectivity index (χ1n) is 6.93. The monoisotopic (exact) mass is 267 g/mol. The number of nitrogens with zero attached hydrogens (tertiary/aromatic N) is 1. The molecule has 2 rings (SSSR count). The minimum absolute atomic E-state index is 0.727. The molecule has 2 nitrogen and oxygen atoms in total. The van der Waals surface area contributed by atoms with E-state index >= 15 is 0 Å². The first-order chi connectivity index (χ1) is 8.79. The van der Waals surface area contributed by atoms with Crippen LogP contribution < -0.4 is 4.74 Å². The van der Waals surface area contributed by atoms with Gasteiger partial charge in [-0.2, -0.15) is 0 Å². The predicted octanol–water partition coefficient (Wildman–Crippen LogP) is 4.11. The summed E-state index contributed by atoms with van der Waals surface area (Å²) in [6.45, 7) is 6.26. The molecule has 0 N–H and O–H groups in total. The van der Waals surface area contributed by atoms with Crippen LogP contribution in [-0.2, 0) is 6.54 Å². The van der Waals surface area contributed by atoms with Crippen LogP contribution in [0.3, 0.4) is 0 Å². The molecule has 1 aromatic rings. The molecule has 100 valence electrons. The van der Waals surface area contributed by atoms with Crippen LogP contribution in [0.1, 0.15) is 38.2 Å². The zero-order chi connectivity index (χ0) is 12.8. The summed E-state index contributed by atoms with van der Waals surface area (Å²) in [5, 5.41) is 0.734. The first kappa shape index (κ1) is 13.7. The molecule has 0 unspecified atom stereocenters. The molecule has 0 bridgehead atoms. The second-order valence-corrected chi connectivity index (χ2v) is 5.36. The molecule has 0 aliphatic carbocycles. The molecule has 1 saturated heterocycles. The van der Waals surface area contributed by atoms with Crippen molar-refractivity contribution < 1.29 is 4.74 Å². The SMILES string of the molecule is CCCOc1ccc(CN2CCCCC2)cc1Cl. The van der Waals surface area contributed by atoms with Gasteiger partial charge < -0.3 is 4.74 Å². The maximum atomic E-state index is 6.24. The zero-order valence-electron chi connectivity index (χ0n) is 11.1. The lowest BCUT2D eigenvalue weighted by molar-refractivity contribution is 0.221. The highest BCUT2D eigenvalue weighted by Crippen LogP contribution is 2.26. The van der Waals surface area contributed by atoms with Gasteiger partial charge in [0, 0.05) is 6.54 Å². The highest BCUT2D eigenvalue weighted by atomic mass is 35.5. The van der Waals surface area contributed by atoms with Crippen LogP contribution in [0.5, 0.6) is 5.75 Å². The number of hydrogen-bond donors (Lipinski definition) is 0. The van der Waals surface area contributed by atoms with Crippen LogP contribution in [-0.4, -0.2) is 24.6 Å². The molecule has 0 saturated carbocycles. The Labute approximate surface area is 115 Å². The van der Waals surface area contributed by atoms with Crippen molar-refractivity contribution in [3.8, 4) is 5.75 Å². The summed E-state index contributed by atoms with van der Waals surface area (Å²) in [6, 6.07) is 6.17. The van der Waals surface area contributed by atoms with Crippen molar-refractivity contribution in [3.05, 3.63) is 28.8 Å². The summed E-state index contributed by atoms with van der Waals surface area (Å²) in [4.78, 5) is 2.50. The Morgan fingerprint density at radius 2 is 2.00 bits per heavy atom. The number of ether oxygens (including phenoxy) is 1. The Balaban J connectivity index is 1.94. The summed E-state index contributed by atoms with van der Waals surface area (Å²) >= 11 is 6.24. The van der Waals surface area contributed by atoms with E-state index in [-0.39, 0.29) is 0 Å². The second kappa shape index (κ2) is 7.01. The minimum Gasteiger partial charge on any atom is -0.492 e. The van der Waals surface area contributed by atoms with Gasteiger partial charge in [-0.25, -0.2) is 0 Å². The summed E-state index contributed by atoms with van der Waals surface area (Å²) < 4.78 is 5.59. The molecule has 0 amide bonds. The van der Waals surface area contributed by atoms with Crippen molar-refractivity contribution in [1.82, 2.24) is 4.90 Å². The van der Waals surface area contributed by atoms with E-state index in [1.165, 1.54) is 37.9 Å². The van der Waals surface area contributed by atoms with Crippen molar-refractivity contribution in [1.29, 1.82) is 0 Å². The third-order valence-corrected chi connectivity index (χ3v) is 3.61. The molecule has 1 aromatic carbocycles. The molecule has 0 radical (unpaired) electrons. The number of likely N-dealkylation sites (tertiary alicyclic amines) is 1.